The number of carbonyl (C=O) groups excluding carboxylic acids is 1. The van der Waals surface area contributed by atoms with Gasteiger partial charge in [-0.15, -0.1) is 0 Å². The van der Waals surface area contributed by atoms with Crippen molar-refractivity contribution < 1.29 is 9.21 Å². The molecule has 6 nitrogen and oxygen atoms in total. The van der Waals surface area contributed by atoms with Gasteiger partial charge in [-0.2, -0.15) is 5.26 Å². The summed E-state index contributed by atoms with van der Waals surface area (Å²) in [5, 5.41) is 15.6. The number of hydrogen-bond donors (Lipinski definition) is 2. The average Bonchev–Trinajstić information content (AvgIpc) is 2.99. The Morgan fingerprint density at radius 3 is 2.64 bits per heavy atom. The molecule has 0 spiro atoms. The first-order valence-electron chi connectivity index (χ1n) is 7.36. The summed E-state index contributed by atoms with van der Waals surface area (Å²) >= 11 is 5.93. The van der Waals surface area contributed by atoms with E-state index in [1.54, 1.807) is 42.5 Å². The van der Waals surface area contributed by atoms with Gasteiger partial charge in [-0.05, 0) is 42.5 Å². The fourth-order valence-corrected chi connectivity index (χ4v) is 2.33. The molecule has 0 fully saturated rings. The van der Waals surface area contributed by atoms with Crippen molar-refractivity contribution in [3.05, 3.63) is 59.6 Å². The second kappa shape index (κ2) is 7.07. The van der Waals surface area contributed by atoms with Crippen molar-refractivity contribution >= 4 is 45.6 Å². The van der Waals surface area contributed by atoms with Crippen molar-refractivity contribution in [2.24, 2.45) is 0 Å². The van der Waals surface area contributed by atoms with Gasteiger partial charge in [0.15, 0.2) is 5.58 Å². The third-order valence-corrected chi connectivity index (χ3v) is 3.52. The van der Waals surface area contributed by atoms with E-state index < -0.39 is 0 Å². The molecule has 3 aromatic rings. The number of anilines is 2. The first-order chi connectivity index (χ1) is 12.0. The van der Waals surface area contributed by atoms with Gasteiger partial charge < -0.3 is 15.1 Å². The van der Waals surface area contributed by atoms with Crippen LogP contribution in [0.2, 0.25) is 5.02 Å². The number of nitriles is 1. The Morgan fingerprint density at radius 1 is 1.24 bits per heavy atom. The maximum atomic E-state index is 11.0. The third-order valence-electron chi connectivity index (χ3n) is 3.29. The fourth-order valence-electron chi connectivity index (χ4n) is 2.17. The summed E-state index contributed by atoms with van der Waals surface area (Å²) < 4.78 is 5.58. The summed E-state index contributed by atoms with van der Waals surface area (Å²) in [5.74, 6) is 0.0746. The van der Waals surface area contributed by atoms with Crippen LogP contribution in [0.1, 0.15) is 12.8 Å². The van der Waals surface area contributed by atoms with Gasteiger partial charge in [-0.3, -0.25) is 4.79 Å². The van der Waals surface area contributed by atoms with E-state index in [1.165, 1.54) is 13.1 Å². The van der Waals surface area contributed by atoms with Crippen molar-refractivity contribution in [1.82, 2.24) is 4.98 Å². The van der Waals surface area contributed by atoms with Crippen molar-refractivity contribution in [2.45, 2.75) is 6.92 Å². The molecule has 7 heteroatoms. The quantitative estimate of drug-likeness (QED) is 0.678. The molecule has 0 bridgehead atoms. The SMILES string of the molecule is CC(=O)Nc1ccc(N/C=C(/C#N)c2nc3cc(Cl)ccc3o2)cc1. The number of allylic oxidation sites excluding steroid dienone is 1. The highest BCUT2D eigenvalue weighted by Gasteiger charge is 2.11. The predicted octanol–water partition coefficient (Wildman–Crippen LogP) is 4.42. The molecule has 25 heavy (non-hydrogen) atoms. The number of fused-ring (bicyclic) bond motifs is 1. The lowest BCUT2D eigenvalue weighted by Crippen LogP contribution is -2.05. The summed E-state index contributed by atoms with van der Waals surface area (Å²) in [6.45, 7) is 1.45. The number of aromatic nitrogens is 1. The van der Waals surface area contributed by atoms with Crippen LogP contribution in [0, 0.1) is 11.3 Å². The number of halogens is 1. The Kier molecular flexibility index (Phi) is 4.68. The molecule has 1 amide bonds. The van der Waals surface area contributed by atoms with Crippen molar-refractivity contribution in [2.75, 3.05) is 10.6 Å². The zero-order valence-electron chi connectivity index (χ0n) is 13.2. The molecule has 2 N–H and O–H groups in total. The molecule has 0 unspecified atom stereocenters. The highest BCUT2D eigenvalue weighted by Crippen LogP contribution is 2.24. The van der Waals surface area contributed by atoms with Gasteiger partial charge in [0.2, 0.25) is 11.8 Å². The second-order valence-electron chi connectivity index (χ2n) is 5.20. The monoisotopic (exact) mass is 352 g/mol. The maximum Gasteiger partial charge on any atom is 0.239 e. The standard InChI is InChI=1S/C18H13ClN4O2/c1-11(24)22-15-5-3-14(4-6-15)21-10-12(9-20)18-23-16-8-13(19)2-7-17(16)25-18/h2-8,10,21H,1H3,(H,22,24)/b12-10-. The van der Waals surface area contributed by atoms with E-state index in [0.29, 0.717) is 21.8 Å². The van der Waals surface area contributed by atoms with Gasteiger partial charge in [0.1, 0.15) is 17.2 Å². The molecule has 0 aliphatic heterocycles. The Labute approximate surface area is 148 Å². The van der Waals surface area contributed by atoms with Crippen LogP contribution in [0.3, 0.4) is 0 Å². The van der Waals surface area contributed by atoms with Crippen molar-refractivity contribution in [1.29, 1.82) is 5.26 Å². The molecule has 0 aliphatic rings. The van der Waals surface area contributed by atoms with Gasteiger partial charge in [0.05, 0.1) is 0 Å². The van der Waals surface area contributed by atoms with Crippen LogP contribution in [-0.4, -0.2) is 10.9 Å². The minimum atomic E-state index is -0.136. The van der Waals surface area contributed by atoms with Crippen LogP contribution in [0.4, 0.5) is 11.4 Å². The van der Waals surface area contributed by atoms with Crippen LogP contribution in [0.5, 0.6) is 0 Å². The summed E-state index contributed by atoms with van der Waals surface area (Å²) in [4.78, 5) is 15.3. The van der Waals surface area contributed by atoms with Crippen molar-refractivity contribution in [3.63, 3.8) is 0 Å². The Balaban J connectivity index is 1.80. The van der Waals surface area contributed by atoms with Gasteiger partial charge in [-0.1, -0.05) is 11.6 Å². The third kappa shape index (κ3) is 3.97. The number of carbonyl (C=O) groups is 1. The van der Waals surface area contributed by atoms with Gasteiger partial charge in [-0.25, -0.2) is 4.98 Å². The number of nitrogens with zero attached hydrogens (tertiary/aromatic N) is 2. The largest absolute Gasteiger partial charge is 0.435 e. The molecule has 2 aromatic carbocycles. The minimum absolute atomic E-state index is 0.136. The predicted molar refractivity (Wildman–Crippen MR) is 97.0 cm³/mol. The van der Waals surface area contributed by atoms with Crippen LogP contribution in [-0.2, 0) is 4.79 Å². The van der Waals surface area contributed by atoms with E-state index in [0.717, 1.165) is 5.69 Å². The summed E-state index contributed by atoms with van der Waals surface area (Å²) in [6.07, 6.45) is 1.51. The molecule has 124 valence electrons. The summed E-state index contributed by atoms with van der Waals surface area (Å²) in [5.41, 5.74) is 2.83. The van der Waals surface area contributed by atoms with Crippen LogP contribution < -0.4 is 10.6 Å². The average molecular weight is 353 g/mol. The molecule has 1 heterocycles. The lowest BCUT2D eigenvalue weighted by molar-refractivity contribution is -0.114. The number of amides is 1. The van der Waals surface area contributed by atoms with E-state index in [9.17, 15) is 10.1 Å². The Hall–Kier alpha value is -3.30. The number of oxazole rings is 1. The minimum Gasteiger partial charge on any atom is -0.435 e. The Bertz CT molecular complexity index is 1000. The van der Waals surface area contributed by atoms with E-state index in [1.807, 2.05) is 0 Å². The molecule has 1 aromatic heterocycles. The normalized spacial score (nSPS) is 11.2. The zero-order valence-corrected chi connectivity index (χ0v) is 14.0. The topological polar surface area (TPSA) is 91.0 Å². The number of nitrogens with one attached hydrogen (secondary N) is 2. The lowest BCUT2D eigenvalue weighted by Gasteiger charge is -2.04. The number of benzene rings is 2. The summed E-state index contributed by atoms with van der Waals surface area (Å²) in [7, 11) is 0. The van der Waals surface area contributed by atoms with Crippen molar-refractivity contribution in [3.8, 4) is 6.07 Å². The fraction of sp³-hybridized carbons (Fsp3) is 0.0556. The van der Waals surface area contributed by atoms with E-state index in [4.69, 9.17) is 16.0 Å². The number of rotatable bonds is 4. The highest BCUT2D eigenvalue weighted by molar-refractivity contribution is 6.31. The zero-order chi connectivity index (χ0) is 17.8. The van der Waals surface area contributed by atoms with Gasteiger partial charge in [0.25, 0.3) is 0 Å². The first kappa shape index (κ1) is 16.6. The summed E-state index contributed by atoms with van der Waals surface area (Å²) in [6, 6.07) is 14.2. The molecule has 0 aliphatic carbocycles. The van der Waals surface area contributed by atoms with E-state index in [-0.39, 0.29) is 17.4 Å². The Morgan fingerprint density at radius 2 is 1.96 bits per heavy atom. The maximum absolute atomic E-state index is 11.0. The molecular weight excluding hydrogens is 340 g/mol. The van der Waals surface area contributed by atoms with Gasteiger partial charge >= 0.3 is 0 Å². The van der Waals surface area contributed by atoms with E-state index in [2.05, 4.69) is 21.7 Å². The second-order valence-corrected chi connectivity index (χ2v) is 5.64. The molecular formula is C18H13ClN4O2. The van der Waals surface area contributed by atoms with Crippen LogP contribution >= 0.6 is 11.6 Å². The van der Waals surface area contributed by atoms with Crippen LogP contribution in [0.15, 0.2) is 53.1 Å². The lowest BCUT2D eigenvalue weighted by atomic mass is 10.2. The molecule has 0 radical (unpaired) electrons. The number of hydrogen-bond acceptors (Lipinski definition) is 5. The molecule has 0 saturated heterocycles. The molecule has 3 rings (SSSR count). The molecule has 0 saturated carbocycles. The van der Waals surface area contributed by atoms with Crippen LogP contribution in [0.25, 0.3) is 16.7 Å². The first-order valence-corrected chi connectivity index (χ1v) is 7.74. The van der Waals surface area contributed by atoms with E-state index >= 15 is 0 Å². The highest BCUT2D eigenvalue weighted by atomic mass is 35.5. The molecule has 0 atom stereocenters. The van der Waals surface area contributed by atoms with Gasteiger partial charge in [0, 0.05) is 29.5 Å². The smallest absolute Gasteiger partial charge is 0.239 e.